The van der Waals surface area contributed by atoms with Crippen LogP contribution in [0.5, 0.6) is 0 Å². The van der Waals surface area contributed by atoms with Crippen molar-refractivity contribution in [1.82, 2.24) is 4.90 Å². The lowest BCUT2D eigenvalue weighted by Gasteiger charge is -2.25. The van der Waals surface area contributed by atoms with Gasteiger partial charge in [0.05, 0.1) is 16.1 Å². The van der Waals surface area contributed by atoms with Crippen molar-refractivity contribution in [1.29, 1.82) is 0 Å². The Hall–Kier alpha value is -3.60. The lowest BCUT2D eigenvalue weighted by Crippen LogP contribution is -2.48. The summed E-state index contributed by atoms with van der Waals surface area (Å²) in [6.45, 7) is 0. The number of nitro groups is 1. The van der Waals surface area contributed by atoms with E-state index >= 15 is 0 Å². The Morgan fingerprint density at radius 2 is 1.50 bits per heavy atom. The zero-order chi connectivity index (χ0) is 22.8. The molecule has 0 radical (unpaired) electrons. The number of benzene rings is 3. The molecule has 0 saturated heterocycles. The number of imide groups is 1. The van der Waals surface area contributed by atoms with Gasteiger partial charge in [0.25, 0.3) is 17.5 Å². The average Bonchev–Trinajstić information content (AvgIpc) is 3.04. The molecule has 1 N–H and O–H groups in total. The first kappa shape index (κ1) is 21.6. The van der Waals surface area contributed by atoms with E-state index < -0.39 is 28.7 Å². The zero-order valence-corrected chi connectivity index (χ0v) is 18.7. The molecule has 3 aromatic rings. The van der Waals surface area contributed by atoms with E-state index in [2.05, 4.69) is 27.9 Å². The second-order valence-corrected chi connectivity index (χ2v) is 8.41. The third-order valence-electron chi connectivity index (χ3n) is 5.13. The van der Waals surface area contributed by atoms with Gasteiger partial charge in [-0.2, -0.15) is 0 Å². The topological polar surface area (TPSA) is 110 Å². The van der Waals surface area contributed by atoms with E-state index in [4.69, 9.17) is 0 Å². The fourth-order valence-corrected chi connectivity index (χ4v) is 3.89. The summed E-state index contributed by atoms with van der Waals surface area (Å²) in [6.07, 6.45) is 0.0136. The first-order valence-corrected chi connectivity index (χ1v) is 10.7. The average molecular weight is 541 g/mol. The molecule has 0 aromatic heterocycles. The Morgan fingerprint density at radius 1 is 0.938 bits per heavy atom. The van der Waals surface area contributed by atoms with Crippen LogP contribution in [0.25, 0.3) is 0 Å². The minimum atomic E-state index is -1.14. The molecule has 3 amide bonds. The number of hydrogen-bond donors (Lipinski definition) is 1. The highest BCUT2D eigenvalue weighted by atomic mass is 127. The Labute approximate surface area is 196 Å². The largest absolute Gasteiger partial charge is 0.324 e. The lowest BCUT2D eigenvalue weighted by molar-refractivity contribution is -0.384. The Bertz CT molecular complexity index is 1190. The number of anilines is 1. The molecule has 1 aliphatic rings. The molecule has 4 rings (SSSR count). The van der Waals surface area contributed by atoms with Crippen LogP contribution in [-0.4, -0.2) is 33.6 Å². The van der Waals surface area contributed by atoms with Crippen LogP contribution in [0, 0.1) is 13.7 Å². The van der Waals surface area contributed by atoms with Gasteiger partial charge >= 0.3 is 0 Å². The first-order valence-electron chi connectivity index (χ1n) is 9.62. The van der Waals surface area contributed by atoms with E-state index in [1.807, 2.05) is 12.1 Å². The maximum Gasteiger partial charge on any atom is 0.269 e. The Kier molecular flexibility index (Phi) is 5.99. The molecule has 160 valence electrons. The quantitative estimate of drug-likeness (QED) is 0.219. The van der Waals surface area contributed by atoms with Crippen LogP contribution >= 0.6 is 22.6 Å². The molecule has 0 bridgehead atoms. The molecule has 8 nitrogen and oxygen atoms in total. The van der Waals surface area contributed by atoms with Gasteiger partial charge in [-0.25, -0.2) is 0 Å². The molecule has 0 spiro atoms. The van der Waals surface area contributed by atoms with Crippen molar-refractivity contribution in [3.05, 3.63) is 103 Å². The molecular formula is C23H16IN3O5. The molecule has 1 aliphatic heterocycles. The van der Waals surface area contributed by atoms with Crippen molar-refractivity contribution in [2.24, 2.45) is 0 Å². The Balaban J connectivity index is 1.67. The molecule has 9 heteroatoms. The zero-order valence-electron chi connectivity index (χ0n) is 16.5. The smallest absolute Gasteiger partial charge is 0.269 e. The van der Waals surface area contributed by atoms with Gasteiger partial charge in [0.2, 0.25) is 5.91 Å². The van der Waals surface area contributed by atoms with Gasteiger partial charge in [0, 0.05) is 27.8 Å². The monoisotopic (exact) mass is 541 g/mol. The second-order valence-electron chi connectivity index (χ2n) is 7.17. The molecule has 3 aromatic carbocycles. The predicted molar refractivity (Wildman–Crippen MR) is 125 cm³/mol. The van der Waals surface area contributed by atoms with Crippen LogP contribution in [-0.2, 0) is 11.2 Å². The summed E-state index contributed by atoms with van der Waals surface area (Å²) in [5.41, 5.74) is 1.51. The van der Waals surface area contributed by atoms with Gasteiger partial charge in [0.1, 0.15) is 6.04 Å². The van der Waals surface area contributed by atoms with Gasteiger partial charge in [-0.15, -0.1) is 0 Å². The molecule has 0 aliphatic carbocycles. The van der Waals surface area contributed by atoms with Crippen LogP contribution in [0.2, 0.25) is 0 Å². The fraction of sp³-hybridized carbons (Fsp3) is 0.0870. The highest BCUT2D eigenvalue weighted by Gasteiger charge is 2.42. The van der Waals surface area contributed by atoms with Gasteiger partial charge in [-0.05, 0) is 64.6 Å². The van der Waals surface area contributed by atoms with E-state index in [9.17, 15) is 24.5 Å². The number of nitrogens with zero attached hydrogens (tertiary/aromatic N) is 2. The van der Waals surface area contributed by atoms with Crippen molar-refractivity contribution in [3.8, 4) is 0 Å². The summed E-state index contributed by atoms with van der Waals surface area (Å²) < 4.78 is 0.989. The summed E-state index contributed by atoms with van der Waals surface area (Å²) in [5.74, 6) is -1.62. The number of non-ortho nitro benzene ring substituents is 1. The lowest BCUT2D eigenvalue weighted by atomic mass is 10.0. The maximum absolute atomic E-state index is 13.2. The number of nitrogens with one attached hydrogen (secondary N) is 1. The van der Waals surface area contributed by atoms with Crippen LogP contribution in [0.15, 0.2) is 72.8 Å². The highest BCUT2D eigenvalue weighted by Crippen LogP contribution is 2.27. The molecule has 32 heavy (non-hydrogen) atoms. The highest BCUT2D eigenvalue weighted by molar-refractivity contribution is 14.1. The van der Waals surface area contributed by atoms with Crippen LogP contribution in [0.3, 0.4) is 0 Å². The normalized spacial score (nSPS) is 13.6. The van der Waals surface area contributed by atoms with Crippen molar-refractivity contribution >= 4 is 51.7 Å². The molecule has 1 unspecified atom stereocenters. The van der Waals surface area contributed by atoms with Gasteiger partial charge in [-0.3, -0.25) is 29.4 Å². The van der Waals surface area contributed by atoms with E-state index in [0.717, 1.165) is 8.47 Å². The van der Waals surface area contributed by atoms with Crippen molar-refractivity contribution in [3.63, 3.8) is 0 Å². The maximum atomic E-state index is 13.2. The summed E-state index contributed by atoms with van der Waals surface area (Å²) in [4.78, 5) is 50.7. The second kappa shape index (κ2) is 8.87. The van der Waals surface area contributed by atoms with Crippen LogP contribution in [0.1, 0.15) is 26.3 Å². The van der Waals surface area contributed by atoms with Gasteiger partial charge < -0.3 is 5.32 Å². The van der Waals surface area contributed by atoms with E-state index in [1.54, 1.807) is 36.4 Å². The van der Waals surface area contributed by atoms with Crippen molar-refractivity contribution < 1.29 is 19.3 Å². The number of carbonyl (C=O) groups is 3. The predicted octanol–water partition coefficient (Wildman–Crippen LogP) is 4.05. The summed E-state index contributed by atoms with van der Waals surface area (Å²) in [5, 5.41) is 13.7. The van der Waals surface area contributed by atoms with Gasteiger partial charge in [-0.1, -0.05) is 24.3 Å². The third kappa shape index (κ3) is 4.24. The van der Waals surface area contributed by atoms with Gasteiger partial charge in [0.15, 0.2) is 0 Å². The number of amides is 3. The number of rotatable bonds is 6. The minimum absolute atomic E-state index is 0.0136. The molecular weight excluding hydrogens is 525 g/mol. The van der Waals surface area contributed by atoms with Crippen molar-refractivity contribution in [2.75, 3.05) is 5.32 Å². The number of halogens is 1. The van der Waals surface area contributed by atoms with E-state index in [-0.39, 0.29) is 23.2 Å². The summed E-state index contributed by atoms with van der Waals surface area (Å²) in [7, 11) is 0. The minimum Gasteiger partial charge on any atom is -0.324 e. The first-order chi connectivity index (χ1) is 15.3. The number of carbonyl (C=O) groups excluding carboxylic acids is 3. The molecule has 0 fully saturated rings. The number of nitro benzene ring substituents is 1. The summed E-state index contributed by atoms with van der Waals surface area (Å²) in [6, 6.07) is 18.1. The van der Waals surface area contributed by atoms with Crippen molar-refractivity contribution in [2.45, 2.75) is 12.5 Å². The van der Waals surface area contributed by atoms with Crippen LogP contribution in [0.4, 0.5) is 11.4 Å². The fourth-order valence-electron chi connectivity index (χ4n) is 3.53. The van der Waals surface area contributed by atoms with E-state index in [0.29, 0.717) is 11.3 Å². The van der Waals surface area contributed by atoms with E-state index in [1.165, 1.54) is 24.3 Å². The van der Waals surface area contributed by atoms with Crippen LogP contribution < -0.4 is 5.32 Å². The third-order valence-corrected chi connectivity index (χ3v) is 5.85. The molecule has 1 atom stereocenters. The molecule has 1 heterocycles. The molecule has 0 saturated carbocycles. The SMILES string of the molecule is O=C(Nc1ccc(I)cc1)C(Cc1ccc([N+](=O)[O-])cc1)N1C(=O)c2ccccc2C1=O. The standard InChI is InChI=1S/C23H16IN3O5/c24-15-7-9-16(10-8-15)25-21(28)20(13-14-5-11-17(12-6-14)27(31)32)26-22(29)18-3-1-2-4-19(18)23(26)30/h1-12,20H,13H2,(H,25,28). The summed E-state index contributed by atoms with van der Waals surface area (Å²) >= 11 is 2.14. The Morgan fingerprint density at radius 3 is 2.03 bits per heavy atom. The number of hydrogen-bond acceptors (Lipinski definition) is 5. The number of fused-ring (bicyclic) bond motifs is 1.